The van der Waals surface area contributed by atoms with Gasteiger partial charge in [-0.2, -0.15) is 0 Å². The molecule has 1 atom stereocenters. The van der Waals surface area contributed by atoms with E-state index in [0.29, 0.717) is 5.92 Å². The maximum absolute atomic E-state index is 13.4. The van der Waals surface area contributed by atoms with E-state index in [0.717, 1.165) is 73.2 Å². The van der Waals surface area contributed by atoms with Crippen LogP contribution in [-0.4, -0.2) is 34.0 Å². The fraction of sp³-hybridized carbons (Fsp3) is 0.478. The van der Waals surface area contributed by atoms with Crippen LogP contribution in [0.2, 0.25) is 0 Å². The number of aryl methyl sites for hydroxylation is 3. The molecule has 5 nitrogen and oxygen atoms in total. The highest BCUT2D eigenvalue weighted by Gasteiger charge is 2.26. The predicted molar refractivity (Wildman–Crippen MR) is 111 cm³/mol. The van der Waals surface area contributed by atoms with Crippen molar-refractivity contribution in [2.45, 2.75) is 52.5 Å². The van der Waals surface area contributed by atoms with E-state index in [1.807, 2.05) is 43.1 Å². The third-order valence-corrected chi connectivity index (χ3v) is 5.73. The first-order chi connectivity index (χ1) is 13.6. The quantitative estimate of drug-likeness (QED) is 0.628. The molecule has 0 N–H and O–H groups in total. The third-order valence-electron chi connectivity index (χ3n) is 5.73. The Labute approximate surface area is 166 Å². The molecule has 5 heteroatoms. The van der Waals surface area contributed by atoms with Crippen LogP contribution in [0, 0.1) is 12.8 Å². The van der Waals surface area contributed by atoms with Crippen LogP contribution < -0.4 is 0 Å². The lowest BCUT2D eigenvalue weighted by Gasteiger charge is -2.28. The Balaban J connectivity index is 1.54. The van der Waals surface area contributed by atoms with Crippen LogP contribution in [0.25, 0.3) is 11.0 Å². The molecule has 1 aliphatic heterocycles. The molecule has 0 saturated heterocycles. The van der Waals surface area contributed by atoms with E-state index in [2.05, 4.69) is 22.7 Å². The number of carbonyl (C=O) groups excluding carboxylic acids is 1. The molecule has 3 aromatic rings. The van der Waals surface area contributed by atoms with Crippen molar-refractivity contribution in [3.8, 4) is 0 Å². The Hall–Kier alpha value is -2.56. The number of carbonyl (C=O) groups is 1. The number of rotatable bonds is 6. The van der Waals surface area contributed by atoms with Crippen LogP contribution >= 0.6 is 0 Å². The molecular weight excluding hydrogens is 350 g/mol. The molecular formula is C23H29N3O2. The molecule has 0 fully saturated rings. The van der Waals surface area contributed by atoms with Crippen molar-refractivity contribution >= 4 is 16.9 Å². The summed E-state index contributed by atoms with van der Waals surface area (Å²) < 4.78 is 8.30. The number of unbranched alkanes of at least 4 members (excludes halogenated alkanes) is 1. The highest BCUT2D eigenvalue weighted by Crippen LogP contribution is 2.29. The first kappa shape index (κ1) is 18.8. The minimum atomic E-state index is 0.0728. The Morgan fingerprint density at radius 1 is 1.36 bits per heavy atom. The Morgan fingerprint density at radius 2 is 2.18 bits per heavy atom. The zero-order chi connectivity index (χ0) is 19.7. The number of amides is 1. The average molecular weight is 380 g/mol. The zero-order valence-corrected chi connectivity index (χ0v) is 17.1. The molecule has 1 unspecified atom stereocenters. The van der Waals surface area contributed by atoms with Crippen molar-refractivity contribution in [2.24, 2.45) is 5.92 Å². The smallest absolute Gasteiger partial charge is 0.257 e. The summed E-state index contributed by atoms with van der Waals surface area (Å²) in [5, 5.41) is 0.932. The minimum Gasteiger partial charge on any atom is -0.460 e. The number of fused-ring (bicyclic) bond motifs is 2. The van der Waals surface area contributed by atoms with Crippen LogP contribution in [-0.2, 0) is 19.4 Å². The number of para-hydroxylation sites is 1. The largest absolute Gasteiger partial charge is 0.460 e. The fourth-order valence-electron chi connectivity index (χ4n) is 4.31. The molecule has 0 saturated carbocycles. The summed E-state index contributed by atoms with van der Waals surface area (Å²) in [4.78, 5) is 19.8. The summed E-state index contributed by atoms with van der Waals surface area (Å²) in [5.74, 6) is 2.53. The highest BCUT2D eigenvalue weighted by atomic mass is 16.3. The SMILES string of the molecule is CCCCc1oc2ccccc2c1C(=O)N(C)CC1CCc2nc(C)cn2C1. The molecule has 0 bridgehead atoms. The maximum Gasteiger partial charge on any atom is 0.257 e. The van der Waals surface area contributed by atoms with E-state index in [1.165, 1.54) is 5.82 Å². The van der Waals surface area contributed by atoms with Crippen molar-refractivity contribution in [3.05, 3.63) is 53.3 Å². The molecule has 0 aliphatic carbocycles. The summed E-state index contributed by atoms with van der Waals surface area (Å²) in [5.41, 5.74) is 2.63. The molecule has 3 heterocycles. The number of furan rings is 1. The molecule has 0 spiro atoms. The monoisotopic (exact) mass is 379 g/mol. The maximum atomic E-state index is 13.4. The van der Waals surface area contributed by atoms with E-state index in [1.54, 1.807) is 0 Å². The van der Waals surface area contributed by atoms with Crippen LogP contribution in [0.15, 0.2) is 34.9 Å². The molecule has 1 aromatic carbocycles. The molecule has 1 aliphatic rings. The van der Waals surface area contributed by atoms with Crippen molar-refractivity contribution in [2.75, 3.05) is 13.6 Å². The molecule has 148 valence electrons. The number of hydrogen-bond donors (Lipinski definition) is 0. The number of aromatic nitrogens is 2. The second-order valence-electron chi connectivity index (χ2n) is 8.04. The van der Waals surface area contributed by atoms with Gasteiger partial charge in [-0.3, -0.25) is 4.79 Å². The third kappa shape index (κ3) is 3.58. The lowest BCUT2D eigenvalue weighted by molar-refractivity contribution is 0.0760. The molecule has 4 rings (SSSR count). The van der Waals surface area contributed by atoms with Gasteiger partial charge in [0.15, 0.2) is 0 Å². The van der Waals surface area contributed by atoms with E-state index in [9.17, 15) is 4.79 Å². The van der Waals surface area contributed by atoms with Crippen LogP contribution in [0.4, 0.5) is 0 Å². The fourth-order valence-corrected chi connectivity index (χ4v) is 4.31. The summed E-state index contributed by atoms with van der Waals surface area (Å²) in [7, 11) is 1.92. The van der Waals surface area contributed by atoms with Gasteiger partial charge in [0, 0.05) is 44.6 Å². The van der Waals surface area contributed by atoms with E-state index in [4.69, 9.17) is 4.42 Å². The number of imidazole rings is 1. The van der Waals surface area contributed by atoms with Crippen LogP contribution in [0.1, 0.15) is 53.8 Å². The van der Waals surface area contributed by atoms with Crippen LogP contribution in [0.3, 0.4) is 0 Å². The lowest BCUT2D eigenvalue weighted by Crippen LogP contribution is -2.35. The van der Waals surface area contributed by atoms with Crippen LogP contribution in [0.5, 0.6) is 0 Å². The van der Waals surface area contributed by atoms with Crippen molar-refractivity contribution in [1.82, 2.24) is 14.5 Å². The van der Waals surface area contributed by atoms with E-state index < -0.39 is 0 Å². The predicted octanol–water partition coefficient (Wildman–Crippen LogP) is 4.61. The van der Waals surface area contributed by atoms with Gasteiger partial charge in [-0.25, -0.2) is 4.98 Å². The molecule has 1 amide bonds. The van der Waals surface area contributed by atoms with Gasteiger partial charge in [-0.15, -0.1) is 0 Å². The average Bonchev–Trinajstić information content (AvgIpc) is 3.24. The second-order valence-corrected chi connectivity index (χ2v) is 8.04. The van der Waals surface area contributed by atoms with Crippen molar-refractivity contribution < 1.29 is 9.21 Å². The first-order valence-corrected chi connectivity index (χ1v) is 10.3. The molecule has 2 aromatic heterocycles. The summed E-state index contributed by atoms with van der Waals surface area (Å²) in [6.07, 6.45) is 7.08. The van der Waals surface area contributed by atoms with Gasteiger partial charge in [-0.05, 0) is 31.7 Å². The highest BCUT2D eigenvalue weighted by molar-refractivity contribution is 6.07. The van der Waals surface area contributed by atoms with Gasteiger partial charge in [-0.1, -0.05) is 31.5 Å². The zero-order valence-electron chi connectivity index (χ0n) is 17.1. The van der Waals surface area contributed by atoms with Gasteiger partial charge in [0.2, 0.25) is 0 Å². The molecule has 0 radical (unpaired) electrons. The Kier molecular flexibility index (Phi) is 5.25. The van der Waals surface area contributed by atoms with Crippen molar-refractivity contribution in [1.29, 1.82) is 0 Å². The number of benzene rings is 1. The van der Waals surface area contributed by atoms with E-state index >= 15 is 0 Å². The van der Waals surface area contributed by atoms with Gasteiger partial charge in [0.05, 0.1) is 11.3 Å². The summed E-state index contributed by atoms with van der Waals surface area (Å²) >= 11 is 0. The standard InChI is InChI=1S/C23H29N3O2/c1-4-5-9-20-22(18-8-6-7-10-19(18)28-20)23(27)25(3)14-17-11-12-21-24-16(2)13-26(21)15-17/h6-8,10,13,17H,4-5,9,11-12,14-15H2,1-3H3. The van der Waals surface area contributed by atoms with Gasteiger partial charge < -0.3 is 13.9 Å². The Bertz CT molecular complexity index is 985. The van der Waals surface area contributed by atoms with Crippen molar-refractivity contribution in [3.63, 3.8) is 0 Å². The van der Waals surface area contributed by atoms with Gasteiger partial charge in [0.1, 0.15) is 17.2 Å². The second kappa shape index (κ2) is 7.82. The van der Waals surface area contributed by atoms with Gasteiger partial charge >= 0.3 is 0 Å². The number of hydrogen-bond acceptors (Lipinski definition) is 3. The lowest BCUT2D eigenvalue weighted by atomic mass is 9.98. The first-order valence-electron chi connectivity index (χ1n) is 10.3. The normalized spacial score (nSPS) is 16.3. The summed E-state index contributed by atoms with van der Waals surface area (Å²) in [6, 6.07) is 7.88. The Morgan fingerprint density at radius 3 is 3.00 bits per heavy atom. The minimum absolute atomic E-state index is 0.0728. The number of nitrogens with zero attached hydrogens (tertiary/aromatic N) is 3. The van der Waals surface area contributed by atoms with Gasteiger partial charge in [0.25, 0.3) is 5.91 Å². The molecule has 28 heavy (non-hydrogen) atoms. The summed E-state index contributed by atoms with van der Waals surface area (Å²) in [6.45, 7) is 5.88. The topological polar surface area (TPSA) is 51.3 Å². The van der Waals surface area contributed by atoms with E-state index in [-0.39, 0.29) is 5.91 Å².